The number of methoxy groups -OCH3 is 1. The van der Waals surface area contributed by atoms with Crippen molar-refractivity contribution in [2.45, 2.75) is 20.4 Å². The first kappa shape index (κ1) is 31.1. The zero-order chi connectivity index (χ0) is 28.7. The molecule has 0 spiro atoms. The molecule has 1 N–H and O–H groups in total. The quantitative estimate of drug-likeness (QED) is 0.0967. The number of thiophene rings is 1. The molecule has 40 heavy (non-hydrogen) atoms. The van der Waals surface area contributed by atoms with Crippen molar-refractivity contribution in [3.05, 3.63) is 82.3 Å². The summed E-state index contributed by atoms with van der Waals surface area (Å²) in [5.41, 5.74) is 2.56. The van der Waals surface area contributed by atoms with Gasteiger partial charge in [-0.2, -0.15) is 0 Å². The Morgan fingerprint density at radius 1 is 0.950 bits per heavy atom. The van der Waals surface area contributed by atoms with Crippen molar-refractivity contribution < 1.29 is 28.3 Å². The first-order valence-electron chi connectivity index (χ1n) is 13.0. The molecule has 0 saturated heterocycles. The molecule has 0 aliphatic rings. The summed E-state index contributed by atoms with van der Waals surface area (Å²) in [7, 11) is 1.64. The lowest BCUT2D eigenvalue weighted by molar-refractivity contribution is -0.385. The van der Waals surface area contributed by atoms with Crippen LogP contribution in [0.4, 0.5) is 10.1 Å². The number of nitro benzene ring substituents is 1. The number of ether oxygens (including phenoxy) is 4. The Morgan fingerprint density at radius 2 is 1.68 bits per heavy atom. The van der Waals surface area contributed by atoms with Crippen LogP contribution in [0.3, 0.4) is 0 Å². The van der Waals surface area contributed by atoms with E-state index in [0.29, 0.717) is 38.8 Å². The van der Waals surface area contributed by atoms with Gasteiger partial charge in [-0.1, -0.05) is 38.1 Å². The highest BCUT2D eigenvalue weighted by molar-refractivity contribution is 7.22. The first-order valence-corrected chi connectivity index (χ1v) is 13.8. The van der Waals surface area contributed by atoms with Crippen molar-refractivity contribution in [1.82, 2.24) is 10.3 Å². The largest absolute Gasteiger partial charge is 0.453 e. The second-order valence-electron chi connectivity index (χ2n) is 8.20. The normalized spacial score (nSPS) is 10.8. The van der Waals surface area contributed by atoms with Gasteiger partial charge < -0.3 is 24.3 Å². The van der Waals surface area contributed by atoms with Crippen molar-refractivity contribution in [3.63, 3.8) is 0 Å². The Kier molecular flexibility index (Phi) is 12.9. The van der Waals surface area contributed by atoms with Gasteiger partial charge >= 0.3 is 0 Å². The lowest BCUT2D eigenvalue weighted by atomic mass is 10.1. The Hall–Kier alpha value is -3.48. The summed E-state index contributed by atoms with van der Waals surface area (Å²) in [5, 5.41) is 14.2. The van der Waals surface area contributed by atoms with Gasteiger partial charge in [-0.15, -0.1) is 11.3 Å². The van der Waals surface area contributed by atoms with Gasteiger partial charge in [0.2, 0.25) is 0 Å². The standard InChI is InChI=1S/C27H28FN3O6S.C2H6/c1-34-12-13-36-15-14-35-11-10-29-18-19-2-4-20(5-3-19)26-17-23-27(38-26)25(8-9-30-23)37-24-7-6-21(31(32)33)16-22(24)28;1-2/h2-9,16-17,29H,10-15,18H2,1H3;1-2H3. The molecule has 214 valence electrons. The van der Waals surface area contributed by atoms with E-state index in [-0.39, 0.29) is 11.4 Å². The molecule has 2 aromatic heterocycles. The molecule has 0 bridgehead atoms. The van der Waals surface area contributed by atoms with E-state index in [0.717, 1.165) is 45.4 Å². The van der Waals surface area contributed by atoms with E-state index in [9.17, 15) is 14.5 Å². The van der Waals surface area contributed by atoms with Gasteiger partial charge in [-0.25, -0.2) is 4.39 Å². The minimum Gasteiger partial charge on any atom is -0.453 e. The number of nitro groups is 1. The molecule has 0 aliphatic carbocycles. The van der Waals surface area contributed by atoms with E-state index in [1.54, 1.807) is 19.4 Å². The van der Waals surface area contributed by atoms with Crippen LogP contribution in [0, 0.1) is 15.9 Å². The molecular formula is C29H34FN3O6S. The van der Waals surface area contributed by atoms with E-state index in [1.165, 1.54) is 23.5 Å². The smallest absolute Gasteiger partial charge is 0.272 e. The van der Waals surface area contributed by atoms with Crippen LogP contribution in [-0.2, 0) is 20.8 Å². The van der Waals surface area contributed by atoms with Gasteiger partial charge in [-0.05, 0) is 23.3 Å². The molecule has 11 heteroatoms. The Balaban J connectivity index is 0.00000216. The number of hydrogen-bond acceptors (Lipinski definition) is 9. The van der Waals surface area contributed by atoms with Crippen LogP contribution in [0.1, 0.15) is 19.4 Å². The van der Waals surface area contributed by atoms with E-state index >= 15 is 0 Å². The minimum atomic E-state index is -0.802. The molecule has 0 radical (unpaired) electrons. The van der Waals surface area contributed by atoms with Crippen molar-refractivity contribution >= 4 is 27.2 Å². The number of nitrogens with zero attached hydrogens (tertiary/aromatic N) is 2. The SMILES string of the molecule is CC.COCCOCCOCCNCc1ccc(-c2cc3nccc(Oc4ccc([N+](=O)[O-])cc4F)c3s2)cc1. The van der Waals surface area contributed by atoms with E-state index in [4.69, 9.17) is 18.9 Å². The van der Waals surface area contributed by atoms with Crippen LogP contribution in [0.5, 0.6) is 11.5 Å². The fourth-order valence-corrected chi connectivity index (χ4v) is 4.64. The van der Waals surface area contributed by atoms with E-state index in [1.807, 2.05) is 32.0 Å². The monoisotopic (exact) mass is 571 g/mol. The number of benzene rings is 2. The molecule has 0 fully saturated rings. The molecule has 2 aromatic carbocycles. The van der Waals surface area contributed by atoms with Crippen LogP contribution >= 0.6 is 11.3 Å². The number of halogens is 1. The maximum atomic E-state index is 14.4. The van der Waals surface area contributed by atoms with Crippen LogP contribution < -0.4 is 10.1 Å². The number of pyridine rings is 1. The number of rotatable bonds is 15. The second kappa shape index (κ2) is 16.6. The highest BCUT2D eigenvalue weighted by Crippen LogP contribution is 2.39. The predicted octanol–water partition coefficient (Wildman–Crippen LogP) is 6.60. The molecule has 0 atom stereocenters. The van der Waals surface area contributed by atoms with E-state index < -0.39 is 10.7 Å². The molecule has 4 aromatic rings. The van der Waals surface area contributed by atoms with Crippen LogP contribution in [0.25, 0.3) is 20.7 Å². The van der Waals surface area contributed by atoms with Gasteiger partial charge in [0, 0.05) is 43.4 Å². The lowest BCUT2D eigenvalue weighted by Crippen LogP contribution is -2.20. The fraction of sp³-hybridized carbons (Fsp3) is 0.345. The third kappa shape index (κ3) is 9.04. The summed E-state index contributed by atoms with van der Waals surface area (Å²) in [5.74, 6) is -0.456. The zero-order valence-electron chi connectivity index (χ0n) is 22.9. The summed E-state index contributed by atoms with van der Waals surface area (Å²) < 4.78 is 36.7. The molecular weight excluding hydrogens is 537 g/mol. The maximum Gasteiger partial charge on any atom is 0.272 e. The Morgan fingerprint density at radius 3 is 2.38 bits per heavy atom. The highest BCUT2D eigenvalue weighted by atomic mass is 32.1. The van der Waals surface area contributed by atoms with Crippen LogP contribution in [0.15, 0.2) is 60.8 Å². The minimum absolute atomic E-state index is 0.0873. The number of fused-ring (bicyclic) bond motifs is 1. The van der Waals surface area contributed by atoms with Crippen molar-refractivity contribution in [1.29, 1.82) is 0 Å². The summed E-state index contributed by atoms with van der Waals surface area (Å²) in [6.07, 6.45) is 1.59. The average molecular weight is 572 g/mol. The van der Waals surface area contributed by atoms with Crippen LogP contribution in [-0.4, -0.2) is 56.6 Å². The second-order valence-corrected chi connectivity index (χ2v) is 9.25. The van der Waals surface area contributed by atoms with Crippen molar-refractivity contribution in [3.8, 4) is 21.9 Å². The molecule has 9 nitrogen and oxygen atoms in total. The van der Waals surface area contributed by atoms with Gasteiger partial charge in [0.15, 0.2) is 11.6 Å². The van der Waals surface area contributed by atoms with Gasteiger partial charge in [-0.3, -0.25) is 15.1 Å². The highest BCUT2D eigenvalue weighted by Gasteiger charge is 2.15. The van der Waals surface area contributed by atoms with Crippen molar-refractivity contribution in [2.24, 2.45) is 0 Å². The molecule has 0 aliphatic heterocycles. The maximum absolute atomic E-state index is 14.4. The number of aromatic nitrogens is 1. The fourth-order valence-electron chi connectivity index (χ4n) is 3.57. The number of non-ortho nitro benzene ring substituents is 1. The number of hydrogen-bond donors (Lipinski definition) is 1. The third-order valence-corrected chi connectivity index (χ3v) is 6.70. The van der Waals surface area contributed by atoms with E-state index in [2.05, 4.69) is 22.4 Å². The Bertz CT molecular complexity index is 1350. The molecule has 2 heterocycles. The predicted molar refractivity (Wildman–Crippen MR) is 155 cm³/mol. The topological polar surface area (TPSA) is 105 Å². The molecule has 0 saturated carbocycles. The summed E-state index contributed by atoms with van der Waals surface area (Å²) >= 11 is 1.48. The summed E-state index contributed by atoms with van der Waals surface area (Å²) in [4.78, 5) is 15.6. The van der Waals surface area contributed by atoms with Gasteiger partial charge in [0.25, 0.3) is 5.69 Å². The third-order valence-electron chi connectivity index (χ3n) is 5.52. The summed E-state index contributed by atoms with van der Waals surface area (Å²) in [6, 6.07) is 15.1. The first-order chi connectivity index (χ1) is 19.5. The molecule has 4 rings (SSSR count). The van der Waals surface area contributed by atoms with Gasteiger partial charge in [0.1, 0.15) is 5.75 Å². The zero-order valence-corrected chi connectivity index (χ0v) is 23.7. The lowest BCUT2D eigenvalue weighted by Gasteiger charge is -2.08. The van der Waals surface area contributed by atoms with Crippen LogP contribution in [0.2, 0.25) is 0 Å². The number of nitrogens with one attached hydrogen (secondary N) is 1. The van der Waals surface area contributed by atoms with Crippen molar-refractivity contribution in [2.75, 3.05) is 46.7 Å². The Labute approximate surface area is 237 Å². The van der Waals surface area contributed by atoms with Gasteiger partial charge in [0.05, 0.1) is 54.2 Å². The average Bonchev–Trinajstić information content (AvgIpc) is 3.42. The molecule has 0 amide bonds. The summed E-state index contributed by atoms with van der Waals surface area (Å²) in [6.45, 7) is 8.33. The molecule has 0 unspecified atom stereocenters.